The van der Waals surface area contributed by atoms with Gasteiger partial charge in [-0.15, -0.1) is 24.0 Å². The molecule has 0 bridgehead atoms. The van der Waals surface area contributed by atoms with Gasteiger partial charge in [0.2, 0.25) is 5.56 Å². The largest absolute Gasteiger partial charge is 0.356 e. The Morgan fingerprint density at radius 3 is 2.50 bits per heavy atom. The van der Waals surface area contributed by atoms with Gasteiger partial charge in [0.05, 0.1) is 0 Å². The Labute approximate surface area is 176 Å². The number of hydrogen-bond donors (Lipinski definition) is 2. The van der Waals surface area contributed by atoms with Crippen LogP contribution in [-0.2, 0) is 13.0 Å². The van der Waals surface area contributed by atoms with Crippen molar-refractivity contribution in [3.05, 3.63) is 69.6 Å². The van der Waals surface area contributed by atoms with E-state index in [4.69, 9.17) is 11.6 Å². The predicted molar refractivity (Wildman–Crippen MR) is 120 cm³/mol. The van der Waals surface area contributed by atoms with Gasteiger partial charge in [0.15, 0.2) is 5.96 Å². The lowest BCUT2D eigenvalue weighted by Gasteiger charge is -2.12. The minimum atomic E-state index is 0. The molecule has 0 saturated heterocycles. The summed E-state index contributed by atoms with van der Waals surface area (Å²) >= 11 is 5.89. The third-order valence-electron chi connectivity index (χ3n) is 3.86. The molecule has 0 unspecified atom stereocenters. The van der Waals surface area contributed by atoms with Gasteiger partial charge in [0, 0.05) is 44.0 Å². The second-order valence-electron chi connectivity index (χ2n) is 5.74. The molecule has 1 heterocycles. The minimum Gasteiger partial charge on any atom is -0.356 e. The van der Waals surface area contributed by atoms with Crippen molar-refractivity contribution in [2.75, 3.05) is 20.1 Å². The summed E-state index contributed by atoms with van der Waals surface area (Å²) in [5.41, 5.74) is 1.29. The number of unbranched alkanes of at least 4 members (excludes halogenated alkanes) is 1. The van der Waals surface area contributed by atoms with Crippen molar-refractivity contribution in [3.8, 4) is 0 Å². The Kier molecular flexibility index (Phi) is 11.0. The molecule has 0 aliphatic heterocycles. The number of aryl methyl sites for hydroxylation is 1. The van der Waals surface area contributed by atoms with Crippen LogP contribution in [0.3, 0.4) is 0 Å². The zero-order chi connectivity index (χ0) is 17.9. The van der Waals surface area contributed by atoms with Crippen LogP contribution in [0.4, 0.5) is 0 Å². The molecule has 0 spiro atoms. The van der Waals surface area contributed by atoms with E-state index < -0.39 is 0 Å². The van der Waals surface area contributed by atoms with Crippen LogP contribution < -0.4 is 16.2 Å². The van der Waals surface area contributed by atoms with Crippen LogP contribution in [-0.4, -0.2) is 30.7 Å². The number of benzene rings is 1. The maximum Gasteiger partial charge on any atom is 0.250 e. The molecule has 142 valence electrons. The van der Waals surface area contributed by atoms with Gasteiger partial charge in [0.25, 0.3) is 0 Å². The van der Waals surface area contributed by atoms with E-state index in [2.05, 4.69) is 15.6 Å². The van der Waals surface area contributed by atoms with Crippen molar-refractivity contribution >= 4 is 41.5 Å². The minimum absolute atomic E-state index is 0. The molecule has 7 heteroatoms. The molecule has 0 saturated carbocycles. The molecule has 2 N–H and O–H groups in total. The molecule has 5 nitrogen and oxygen atoms in total. The highest BCUT2D eigenvalue weighted by Crippen LogP contribution is 2.09. The van der Waals surface area contributed by atoms with Gasteiger partial charge in [-0.2, -0.15) is 0 Å². The van der Waals surface area contributed by atoms with Crippen molar-refractivity contribution in [1.82, 2.24) is 15.2 Å². The first-order valence-corrected chi connectivity index (χ1v) is 8.91. The number of aliphatic imine (C=N–C) groups is 1. The first kappa shape index (κ1) is 22.5. The third kappa shape index (κ3) is 8.23. The zero-order valence-corrected chi connectivity index (χ0v) is 18.0. The molecule has 1 aromatic heterocycles. The second-order valence-corrected chi connectivity index (χ2v) is 6.18. The topological polar surface area (TPSA) is 58.4 Å². The summed E-state index contributed by atoms with van der Waals surface area (Å²) in [4.78, 5) is 15.8. The van der Waals surface area contributed by atoms with E-state index in [9.17, 15) is 4.79 Å². The Morgan fingerprint density at radius 2 is 1.81 bits per heavy atom. The maximum atomic E-state index is 11.6. The highest BCUT2D eigenvalue weighted by molar-refractivity contribution is 14.0. The highest BCUT2D eigenvalue weighted by atomic mass is 127. The summed E-state index contributed by atoms with van der Waals surface area (Å²) in [6.07, 6.45) is 4.65. The molecule has 26 heavy (non-hydrogen) atoms. The normalized spacial score (nSPS) is 10.9. The lowest BCUT2D eigenvalue weighted by molar-refractivity contribution is 0.585. The predicted octanol–water partition coefficient (Wildman–Crippen LogP) is 3.31. The number of guanidine groups is 1. The van der Waals surface area contributed by atoms with Gasteiger partial charge in [-0.3, -0.25) is 9.79 Å². The van der Waals surface area contributed by atoms with E-state index in [0.717, 1.165) is 49.9 Å². The van der Waals surface area contributed by atoms with E-state index in [-0.39, 0.29) is 29.5 Å². The Morgan fingerprint density at radius 1 is 1.08 bits per heavy atom. The van der Waals surface area contributed by atoms with Crippen molar-refractivity contribution in [1.29, 1.82) is 0 Å². The summed E-state index contributed by atoms with van der Waals surface area (Å²) in [6.45, 7) is 2.37. The fourth-order valence-electron chi connectivity index (χ4n) is 2.46. The Bertz CT molecular complexity index is 731. The van der Waals surface area contributed by atoms with Crippen LogP contribution in [0.25, 0.3) is 0 Å². The molecule has 0 aliphatic carbocycles. The number of nitrogens with one attached hydrogen (secondary N) is 2. The highest BCUT2D eigenvalue weighted by Gasteiger charge is 1.99. The van der Waals surface area contributed by atoms with Crippen molar-refractivity contribution in [3.63, 3.8) is 0 Å². The van der Waals surface area contributed by atoms with E-state index in [1.54, 1.807) is 23.7 Å². The van der Waals surface area contributed by atoms with Gasteiger partial charge in [-0.05, 0) is 43.0 Å². The van der Waals surface area contributed by atoms with Crippen LogP contribution in [0.2, 0.25) is 5.02 Å². The summed E-state index contributed by atoms with van der Waals surface area (Å²) < 4.78 is 1.74. The fourth-order valence-corrected chi connectivity index (χ4v) is 2.58. The molecule has 2 rings (SSSR count). The molecule has 1 aromatic carbocycles. The van der Waals surface area contributed by atoms with Crippen molar-refractivity contribution in [2.45, 2.75) is 25.8 Å². The quantitative estimate of drug-likeness (QED) is 0.259. The number of aromatic nitrogens is 1. The number of nitrogens with zero attached hydrogens (tertiary/aromatic N) is 2. The molecule has 0 aliphatic rings. The monoisotopic (exact) mass is 488 g/mol. The van der Waals surface area contributed by atoms with Crippen LogP contribution in [0.15, 0.2) is 58.4 Å². The molecule has 0 atom stereocenters. The van der Waals surface area contributed by atoms with Gasteiger partial charge in [-0.25, -0.2) is 0 Å². The molecule has 0 amide bonds. The van der Waals surface area contributed by atoms with Crippen molar-refractivity contribution in [2.24, 2.45) is 4.99 Å². The lowest BCUT2D eigenvalue weighted by Crippen LogP contribution is -2.38. The van der Waals surface area contributed by atoms with E-state index in [0.29, 0.717) is 0 Å². The Balaban J connectivity index is 0.00000338. The number of rotatable bonds is 8. The lowest BCUT2D eigenvalue weighted by atomic mass is 10.1. The zero-order valence-electron chi connectivity index (χ0n) is 15.0. The van der Waals surface area contributed by atoms with Crippen LogP contribution in [0.5, 0.6) is 0 Å². The standard InChI is InChI=1S/C19H25ClN4O.HI/c1-21-19(23-13-11-16-7-9-17(20)10-8-16)22-12-3-5-15-24-14-4-2-6-18(24)25;/h2,4,6-10,14H,3,5,11-13,15H2,1H3,(H2,21,22,23);1H. The summed E-state index contributed by atoms with van der Waals surface area (Å²) in [5, 5.41) is 7.35. The number of pyridine rings is 1. The fraction of sp³-hybridized carbons (Fsp3) is 0.368. The maximum absolute atomic E-state index is 11.6. The van der Waals surface area contributed by atoms with Crippen molar-refractivity contribution < 1.29 is 0 Å². The smallest absolute Gasteiger partial charge is 0.250 e. The first-order chi connectivity index (χ1) is 12.2. The number of halogens is 2. The third-order valence-corrected chi connectivity index (χ3v) is 4.11. The molecular weight excluding hydrogens is 463 g/mol. The van der Waals surface area contributed by atoms with Crippen LogP contribution in [0, 0.1) is 0 Å². The van der Waals surface area contributed by atoms with E-state index in [1.165, 1.54) is 5.56 Å². The number of hydrogen-bond acceptors (Lipinski definition) is 2. The summed E-state index contributed by atoms with van der Waals surface area (Å²) in [7, 11) is 1.77. The average molecular weight is 489 g/mol. The van der Waals surface area contributed by atoms with Crippen LogP contribution in [0.1, 0.15) is 18.4 Å². The van der Waals surface area contributed by atoms with Crippen LogP contribution >= 0.6 is 35.6 Å². The van der Waals surface area contributed by atoms with Gasteiger partial charge < -0.3 is 15.2 Å². The van der Waals surface area contributed by atoms with Gasteiger partial charge >= 0.3 is 0 Å². The molecular formula is C19H26ClIN4O. The van der Waals surface area contributed by atoms with E-state index >= 15 is 0 Å². The Hall–Kier alpha value is -1.54. The summed E-state index contributed by atoms with van der Waals surface area (Å²) in [6, 6.07) is 13.1. The molecule has 2 aromatic rings. The summed E-state index contributed by atoms with van der Waals surface area (Å²) in [5.74, 6) is 0.797. The second kappa shape index (κ2) is 12.8. The van der Waals surface area contributed by atoms with Gasteiger partial charge in [0.1, 0.15) is 0 Å². The van der Waals surface area contributed by atoms with Gasteiger partial charge in [-0.1, -0.05) is 29.8 Å². The molecule has 0 fully saturated rings. The first-order valence-electron chi connectivity index (χ1n) is 8.53. The SMILES string of the molecule is CN=C(NCCCCn1ccccc1=O)NCCc1ccc(Cl)cc1.I. The molecule has 0 radical (unpaired) electrons. The average Bonchev–Trinajstić information content (AvgIpc) is 2.63. The van der Waals surface area contributed by atoms with E-state index in [1.807, 2.05) is 36.5 Å².